The summed E-state index contributed by atoms with van der Waals surface area (Å²) in [6.45, 7) is 4.94. The highest BCUT2D eigenvalue weighted by molar-refractivity contribution is 5.84. The van der Waals surface area contributed by atoms with Crippen molar-refractivity contribution in [2.75, 3.05) is 18.0 Å². The zero-order valence-electron chi connectivity index (χ0n) is 12.4. The Hall–Kier alpha value is -2.37. The third-order valence-electron chi connectivity index (χ3n) is 4.71. The van der Waals surface area contributed by atoms with Gasteiger partial charge in [-0.05, 0) is 42.4 Å². The molecule has 2 unspecified atom stereocenters. The molecule has 2 aromatic rings. The lowest BCUT2D eigenvalue weighted by atomic mass is 10.1. The van der Waals surface area contributed by atoms with Gasteiger partial charge in [-0.25, -0.2) is 14.8 Å². The van der Waals surface area contributed by atoms with Crippen LogP contribution in [0.2, 0.25) is 0 Å². The molecule has 1 saturated heterocycles. The van der Waals surface area contributed by atoms with Crippen LogP contribution >= 0.6 is 0 Å². The summed E-state index contributed by atoms with van der Waals surface area (Å²) in [5.41, 5.74) is 2.33. The average Bonchev–Trinajstić information content (AvgIpc) is 2.89. The Morgan fingerprint density at radius 3 is 2.77 bits per heavy atom. The molecule has 22 heavy (non-hydrogen) atoms. The highest BCUT2D eigenvalue weighted by Crippen LogP contribution is 2.45. The highest BCUT2D eigenvalue weighted by Gasteiger charge is 2.45. The molecule has 0 radical (unpaired) electrons. The van der Waals surface area contributed by atoms with Crippen LogP contribution in [0.3, 0.4) is 0 Å². The molecule has 1 aliphatic heterocycles. The molecule has 0 amide bonds. The van der Waals surface area contributed by atoms with E-state index in [-0.39, 0.29) is 5.69 Å². The monoisotopic (exact) mass is 298 g/mol. The fourth-order valence-corrected chi connectivity index (χ4v) is 3.25. The van der Waals surface area contributed by atoms with Crippen LogP contribution in [-0.4, -0.2) is 38.7 Å². The lowest BCUT2D eigenvalue weighted by Gasteiger charge is -2.20. The van der Waals surface area contributed by atoms with Crippen LogP contribution in [0.25, 0.3) is 0 Å². The first-order valence-electron chi connectivity index (χ1n) is 7.55. The van der Waals surface area contributed by atoms with Gasteiger partial charge in [0.05, 0.1) is 12.9 Å². The van der Waals surface area contributed by atoms with Crippen molar-refractivity contribution in [2.45, 2.75) is 19.9 Å². The Bertz CT molecular complexity index is 729. The smallest absolute Gasteiger partial charge is 0.356 e. The molecule has 0 aromatic carbocycles. The highest BCUT2D eigenvalue weighted by atomic mass is 16.4. The van der Waals surface area contributed by atoms with Crippen LogP contribution in [0.15, 0.2) is 24.8 Å². The molecule has 6 heteroatoms. The number of rotatable bonds is 4. The zero-order chi connectivity index (χ0) is 15.3. The van der Waals surface area contributed by atoms with Gasteiger partial charge in [-0.2, -0.15) is 0 Å². The predicted molar refractivity (Wildman–Crippen MR) is 81.1 cm³/mol. The summed E-state index contributed by atoms with van der Waals surface area (Å²) in [7, 11) is 0. The lowest BCUT2D eigenvalue weighted by Crippen LogP contribution is -2.23. The molecular formula is C16H18N4O2. The quantitative estimate of drug-likeness (QED) is 0.931. The molecule has 3 heterocycles. The predicted octanol–water partition coefficient (Wildman–Crippen LogP) is 1.79. The van der Waals surface area contributed by atoms with Crippen LogP contribution in [-0.2, 0) is 6.54 Å². The number of piperidine rings is 1. The summed E-state index contributed by atoms with van der Waals surface area (Å²) < 4.78 is 1.78. The van der Waals surface area contributed by atoms with Gasteiger partial charge in [-0.15, -0.1) is 0 Å². The van der Waals surface area contributed by atoms with Crippen molar-refractivity contribution < 1.29 is 9.90 Å². The summed E-state index contributed by atoms with van der Waals surface area (Å²) >= 11 is 0. The van der Waals surface area contributed by atoms with Crippen LogP contribution in [0, 0.1) is 18.8 Å². The van der Waals surface area contributed by atoms with Crippen molar-refractivity contribution in [3.05, 3.63) is 41.6 Å². The summed E-state index contributed by atoms with van der Waals surface area (Å²) in [5, 5.41) is 8.91. The van der Waals surface area contributed by atoms with Gasteiger partial charge < -0.3 is 14.6 Å². The van der Waals surface area contributed by atoms with Gasteiger partial charge in [0.15, 0.2) is 5.69 Å². The van der Waals surface area contributed by atoms with Crippen molar-refractivity contribution >= 4 is 11.8 Å². The number of imidazole rings is 1. The number of hydrogen-bond donors (Lipinski definition) is 1. The second kappa shape index (κ2) is 4.83. The van der Waals surface area contributed by atoms with E-state index in [1.165, 1.54) is 12.0 Å². The minimum atomic E-state index is -1.00. The van der Waals surface area contributed by atoms with E-state index < -0.39 is 5.97 Å². The van der Waals surface area contributed by atoms with Gasteiger partial charge in [0.2, 0.25) is 0 Å². The fraction of sp³-hybridized carbons (Fsp3) is 0.438. The van der Waals surface area contributed by atoms with Gasteiger partial charge in [0.25, 0.3) is 0 Å². The maximum atomic E-state index is 10.9. The minimum Gasteiger partial charge on any atom is -0.476 e. The molecular weight excluding hydrogens is 280 g/mol. The summed E-state index contributed by atoms with van der Waals surface area (Å²) in [4.78, 5) is 21.7. The van der Waals surface area contributed by atoms with E-state index in [9.17, 15) is 4.79 Å². The number of pyridine rings is 1. The van der Waals surface area contributed by atoms with Crippen molar-refractivity contribution in [2.24, 2.45) is 11.8 Å². The number of carboxylic acid groups (broad SMARTS) is 1. The molecule has 0 spiro atoms. The van der Waals surface area contributed by atoms with Crippen LogP contribution in [0.5, 0.6) is 0 Å². The van der Waals surface area contributed by atoms with E-state index in [0.717, 1.165) is 36.3 Å². The van der Waals surface area contributed by atoms with Crippen molar-refractivity contribution in [3.8, 4) is 0 Å². The summed E-state index contributed by atoms with van der Waals surface area (Å²) in [6.07, 6.45) is 6.38. The molecule has 6 nitrogen and oxygen atoms in total. The van der Waals surface area contributed by atoms with E-state index in [4.69, 9.17) is 5.11 Å². The Morgan fingerprint density at radius 1 is 1.36 bits per heavy atom. The van der Waals surface area contributed by atoms with Crippen molar-refractivity contribution in [1.82, 2.24) is 14.5 Å². The normalized spacial score (nSPS) is 22.7. The van der Waals surface area contributed by atoms with Gasteiger partial charge in [0.1, 0.15) is 5.82 Å². The van der Waals surface area contributed by atoms with Crippen LogP contribution in [0.1, 0.15) is 28.0 Å². The van der Waals surface area contributed by atoms with Crippen LogP contribution < -0.4 is 4.90 Å². The number of aromatic carboxylic acids is 1. The maximum Gasteiger partial charge on any atom is 0.356 e. The largest absolute Gasteiger partial charge is 0.476 e. The van der Waals surface area contributed by atoms with Crippen molar-refractivity contribution in [1.29, 1.82) is 0 Å². The second-order valence-corrected chi connectivity index (χ2v) is 6.37. The molecule has 2 fully saturated rings. The second-order valence-electron chi connectivity index (χ2n) is 6.37. The molecule has 1 N–H and O–H groups in total. The molecule has 114 valence electrons. The fourth-order valence-electron chi connectivity index (χ4n) is 3.25. The van der Waals surface area contributed by atoms with E-state index in [2.05, 4.69) is 27.9 Å². The van der Waals surface area contributed by atoms with Gasteiger partial charge in [-0.3, -0.25) is 0 Å². The molecule has 2 aliphatic rings. The first-order valence-corrected chi connectivity index (χ1v) is 7.55. The van der Waals surface area contributed by atoms with Gasteiger partial charge in [-0.1, -0.05) is 0 Å². The first kappa shape index (κ1) is 13.3. The third-order valence-corrected chi connectivity index (χ3v) is 4.71. The molecule has 2 aromatic heterocycles. The Morgan fingerprint density at radius 2 is 2.14 bits per heavy atom. The Kier molecular flexibility index (Phi) is 2.92. The Labute approximate surface area is 128 Å². The molecule has 1 aliphatic carbocycles. The van der Waals surface area contributed by atoms with E-state index >= 15 is 0 Å². The van der Waals surface area contributed by atoms with E-state index in [0.29, 0.717) is 6.54 Å². The number of aromatic nitrogens is 3. The number of nitrogens with zero attached hydrogens (tertiary/aromatic N) is 4. The van der Waals surface area contributed by atoms with Crippen LogP contribution in [0.4, 0.5) is 5.82 Å². The summed E-state index contributed by atoms with van der Waals surface area (Å²) in [6, 6.07) is 2.13. The Balaban J connectivity index is 1.50. The number of aryl methyl sites for hydroxylation is 1. The van der Waals surface area contributed by atoms with E-state index in [1.54, 1.807) is 17.1 Å². The minimum absolute atomic E-state index is 0.0681. The number of fused-ring (bicyclic) bond motifs is 1. The van der Waals surface area contributed by atoms with Gasteiger partial charge >= 0.3 is 5.97 Å². The average molecular weight is 298 g/mol. The van der Waals surface area contributed by atoms with Gasteiger partial charge in [0, 0.05) is 25.5 Å². The standard InChI is InChI=1S/C16H18N4O2/c1-10-2-15(20-6-11-3-12(11)7-20)17-4-13(10)5-19-8-14(16(21)22)18-9-19/h2,4,8-9,11-12H,3,5-7H2,1H3,(H,21,22). The number of carbonyl (C=O) groups is 1. The number of anilines is 1. The van der Waals surface area contributed by atoms with Crippen molar-refractivity contribution in [3.63, 3.8) is 0 Å². The molecule has 2 atom stereocenters. The maximum absolute atomic E-state index is 10.9. The number of carboxylic acids is 1. The molecule has 1 saturated carbocycles. The third kappa shape index (κ3) is 2.34. The summed E-state index contributed by atoms with van der Waals surface area (Å²) in [5.74, 6) is 1.84. The SMILES string of the molecule is Cc1cc(N2CC3CC3C2)ncc1Cn1cnc(C(=O)O)c1. The molecule has 0 bridgehead atoms. The topological polar surface area (TPSA) is 71.2 Å². The number of hydrogen-bond acceptors (Lipinski definition) is 4. The zero-order valence-corrected chi connectivity index (χ0v) is 12.4. The van der Waals surface area contributed by atoms with E-state index in [1.807, 2.05) is 6.20 Å². The first-order chi connectivity index (χ1) is 10.6. The lowest BCUT2D eigenvalue weighted by molar-refractivity contribution is 0.0691. The molecule has 4 rings (SSSR count).